The van der Waals surface area contributed by atoms with E-state index in [-0.39, 0.29) is 0 Å². The maximum atomic E-state index is 5.67. The number of rotatable bonds is 4. The first-order valence-electron chi connectivity index (χ1n) is 4.55. The van der Waals surface area contributed by atoms with Gasteiger partial charge in [0.1, 0.15) is 5.75 Å². The van der Waals surface area contributed by atoms with Crippen LogP contribution in [-0.2, 0) is 0 Å². The summed E-state index contributed by atoms with van der Waals surface area (Å²) in [6, 6.07) is 1.72. The molecule has 1 heterocycles. The Hall–Kier alpha value is -1.45. The molecular formula is C10H16N2O2. The van der Waals surface area contributed by atoms with Gasteiger partial charge in [-0.3, -0.25) is 0 Å². The van der Waals surface area contributed by atoms with Crippen LogP contribution in [0.4, 0.5) is 5.69 Å². The molecule has 0 saturated heterocycles. The quantitative estimate of drug-likeness (QED) is 0.796. The van der Waals surface area contributed by atoms with Crippen LogP contribution in [0.2, 0.25) is 0 Å². The summed E-state index contributed by atoms with van der Waals surface area (Å²) in [6.45, 7) is 4.83. The van der Waals surface area contributed by atoms with Gasteiger partial charge in [-0.25, -0.2) is 4.98 Å². The molecule has 0 unspecified atom stereocenters. The number of ether oxygens (including phenoxy) is 2. The van der Waals surface area contributed by atoms with Crippen molar-refractivity contribution in [3.05, 3.63) is 12.3 Å². The second kappa shape index (κ2) is 4.69. The molecule has 2 N–H and O–H groups in total. The Balaban J connectivity index is 2.66. The van der Waals surface area contributed by atoms with Crippen molar-refractivity contribution in [3.8, 4) is 11.6 Å². The standard InChI is InChI=1S/C10H16N2O2/c1-7(2)6-14-8-4-9(11)10(13-3)12-5-8/h4-5,7H,6,11H2,1-3H3. The molecule has 0 aliphatic rings. The van der Waals surface area contributed by atoms with Crippen molar-refractivity contribution in [2.24, 2.45) is 5.92 Å². The van der Waals surface area contributed by atoms with Crippen molar-refractivity contribution in [2.75, 3.05) is 19.5 Å². The number of pyridine rings is 1. The number of methoxy groups -OCH3 is 1. The van der Waals surface area contributed by atoms with Crippen LogP contribution in [0.5, 0.6) is 11.6 Å². The van der Waals surface area contributed by atoms with E-state index in [9.17, 15) is 0 Å². The zero-order chi connectivity index (χ0) is 10.6. The second-order valence-corrected chi connectivity index (χ2v) is 3.47. The molecule has 14 heavy (non-hydrogen) atoms. The van der Waals surface area contributed by atoms with Crippen LogP contribution < -0.4 is 15.2 Å². The summed E-state index contributed by atoms with van der Waals surface area (Å²) >= 11 is 0. The monoisotopic (exact) mass is 196 g/mol. The van der Waals surface area contributed by atoms with E-state index in [1.807, 2.05) is 0 Å². The maximum Gasteiger partial charge on any atom is 0.237 e. The fourth-order valence-electron chi connectivity index (χ4n) is 0.961. The van der Waals surface area contributed by atoms with Crippen LogP contribution >= 0.6 is 0 Å². The van der Waals surface area contributed by atoms with Crippen molar-refractivity contribution < 1.29 is 9.47 Å². The van der Waals surface area contributed by atoms with Crippen LogP contribution in [0.1, 0.15) is 13.8 Å². The number of hydrogen-bond donors (Lipinski definition) is 1. The van der Waals surface area contributed by atoms with Gasteiger partial charge in [0.15, 0.2) is 0 Å². The van der Waals surface area contributed by atoms with Gasteiger partial charge >= 0.3 is 0 Å². The highest BCUT2D eigenvalue weighted by Crippen LogP contribution is 2.22. The Morgan fingerprint density at radius 2 is 2.21 bits per heavy atom. The maximum absolute atomic E-state index is 5.67. The first-order valence-corrected chi connectivity index (χ1v) is 4.55. The molecule has 1 rings (SSSR count). The van der Waals surface area contributed by atoms with Crippen LogP contribution in [0.25, 0.3) is 0 Å². The van der Waals surface area contributed by atoms with Crippen molar-refractivity contribution in [1.82, 2.24) is 4.98 Å². The van der Waals surface area contributed by atoms with Crippen molar-refractivity contribution >= 4 is 5.69 Å². The smallest absolute Gasteiger partial charge is 0.237 e. The minimum atomic E-state index is 0.432. The number of nitrogens with zero attached hydrogens (tertiary/aromatic N) is 1. The lowest BCUT2D eigenvalue weighted by Gasteiger charge is -2.09. The topological polar surface area (TPSA) is 57.4 Å². The van der Waals surface area contributed by atoms with Crippen molar-refractivity contribution in [1.29, 1.82) is 0 Å². The van der Waals surface area contributed by atoms with Gasteiger partial charge in [0.05, 0.1) is 25.6 Å². The van der Waals surface area contributed by atoms with E-state index in [4.69, 9.17) is 15.2 Å². The molecule has 0 atom stereocenters. The lowest BCUT2D eigenvalue weighted by Crippen LogP contribution is -2.05. The zero-order valence-electron chi connectivity index (χ0n) is 8.78. The molecule has 4 nitrogen and oxygen atoms in total. The molecule has 4 heteroatoms. The Bertz CT molecular complexity index is 300. The summed E-state index contributed by atoms with van der Waals surface area (Å²) in [6.07, 6.45) is 1.61. The van der Waals surface area contributed by atoms with Crippen LogP contribution in [0.3, 0.4) is 0 Å². The number of nitrogen functional groups attached to an aromatic ring is 1. The van der Waals surface area contributed by atoms with Gasteiger partial charge in [0.2, 0.25) is 5.88 Å². The van der Waals surface area contributed by atoms with E-state index in [1.165, 1.54) is 7.11 Å². The van der Waals surface area contributed by atoms with Gasteiger partial charge < -0.3 is 15.2 Å². The SMILES string of the molecule is COc1ncc(OCC(C)C)cc1N. The molecule has 78 valence electrons. The third kappa shape index (κ3) is 2.80. The predicted octanol–water partition coefficient (Wildman–Crippen LogP) is 1.71. The summed E-state index contributed by atoms with van der Waals surface area (Å²) in [5.74, 6) is 1.59. The van der Waals surface area contributed by atoms with Gasteiger partial charge in [0, 0.05) is 6.07 Å². The largest absolute Gasteiger partial charge is 0.492 e. The Morgan fingerprint density at radius 1 is 1.50 bits per heavy atom. The van der Waals surface area contributed by atoms with E-state index >= 15 is 0 Å². The molecule has 1 aromatic heterocycles. The molecule has 0 amide bonds. The van der Waals surface area contributed by atoms with E-state index in [1.54, 1.807) is 12.3 Å². The summed E-state index contributed by atoms with van der Waals surface area (Å²) < 4.78 is 10.4. The predicted molar refractivity (Wildman–Crippen MR) is 55.5 cm³/mol. The molecule has 0 spiro atoms. The van der Waals surface area contributed by atoms with Crippen LogP contribution in [0.15, 0.2) is 12.3 Å². The Labute approximate surface area is 84.0 Å². The van der Waals surface area contributed by atoms with Gasteiger partial charge in [-0.1, -0.05) is 13.8 Å². The van der Waals surface area contributed by atoms with E-state index < -0.39 is 0 Å². The lowest BCUT2D eigenvalue weighted by atomic mass is 10.2. The molecule has 0 aromatic carbocycles. The average Bonchev–Trinajstić information content (AvgIpc) is 2.15. The number of hydrogen-bond acceptors (Lipinski definition) is 4. The number of nitrogens with two attached hydrogens (primary N) is 1. The molecule has 0 saturated carbocycles. The van der Waals surface area contributed by atoms with Gasteiger partial charge in [-0.05, 0) is 5.92 Å². The zero-order valence-corrected chi connectivity index (χ0v) is 8.78. The summed E-state index contributed by atoms with van der Waals surface area (Å²) in [4.78, 5) is 4.00. The van der Waals surface area contributed by atoms with Crippen molar-refractivity contribution in [2.45, 2.75) is 13.8 Å². The molecule has 0 aliphatic heterocycles. The van der Waals surface area contributed by atoms with Gasteiger partial charge in [-0.15, -0.1) is 0 Å². The fourth-order valence-corrected chi connectivity index (χ4v) is 0.961. The van der Waals surface area contributed by atoms with Crippen molar-refractivity contribution in [3.63, 3.8) is 0 Å². The fraction of sp³-hybridized carbons (Fsp3) is 0.500. The summed E-state index contributed by atoms with van der Waals surface area (Å²) in [5.41, 5.74) is 6.16. The third-order valence-electron chi connectivity index (χ3n) is 1.63. The number of anilines is 1. The molecular weight excluding hydrogens is 180 g/mol. The molecule has 0 bridgehead atoms. The summed E-state index contributed by atoms with van der Waals surface area (Å²) in [7, 11) is 1.54. The van der Waals surface area contributed by atoms with Crippen LogP contribution in [0, 0.1) is 5.92 Å². The van der Waals surface area contributed by atoms with E-state index in [0.717, 1.165) is 0 Å². The highest BCUT2D eigenvalue weighted by molar-refractivity contribution is 5.51. The third-order valence-corrected chi connectivity index (χ3v) is 1.63. The molecule has 1 aromatic rings. The Kier molecular flexibility index (Phi) is 3.56. The molecule has 0 fully saturated rings. The number of aromatic nitrogens is 1. The minimum absolute atomic E-state index is 0.432. The average molecular weight is 196 g/mol. The van der Waals surface area contributed by atoms with E-state index in [0.29, 0.717) is 29.8 Å². The Morgan fingerprint density at radius 3 is 2.71 bits per heavy atom. The first kappa shape index (κ1) is 10.6. The van der Waals surface area contributed by atoms with Gasteiger partial charge in [-0.2, -0.15) is 0 Å². The molecule has 0 aliphatic carbocycles. The lowest BCUT2D eigenvalue weighted by molar-refractivity contribution is 0.269. The highest BCUT2D eigenvalue weighted by atomic mass is 16.5. The summed E-state index contributed by atoms with van der Waals surface area (Å²) in [5, 5.41) is 0. The van der Waals surface area contributed by atoms with Crippen LogP contribution in [-0.4, -0.2) is 18.7 Å². The minimum Gasteiger partial charge on any atom is -0.492 e. The highest BCUT2D eigenvalue weighted by Gasteiger charge is 2.03. The van der Waals surface area contributed by atoms with E-state index in [2.05, 4.69) is 18.8 Å². The second-order valence-electron chi connectivity index (χ2n) is 3.47. The van der Waals surface area contributed by atoms with Gasteiger partial charge in [0.25, 0.3) is 0 Å². The molecule has 0 radical (unpaired) electrons. The normalized spacial score (nSPS) is 10.3. The first-order chi connectivity index (χ1) is 6.63.